The van der Waals surface area contributed by atoms with Gasteiger partial charge in [0.05, 0.1) is 12.1 Å². The number of nitrogens with one attached hydrogen (secondary N) is 1. The molecule has 0 aliphatic carbocycles. The van der Waals surface area contributed by atoms with Gasteiger partial charge in [-0.05, 0) is 17.7 Å². The number of carbonyl (C=O) groups is 2. The van der Waals surface area contributed by atoms with Gasteiger partial charge in [0, 0.05) is 19.2 Å². The first kappa shape index (κ1) is 17.0. The molecule has 0 unspecified atom stereocenters. The molecule has 0 bridgehead atoms. The van der Waals surface area contributed by atoms with Gasteiger partial charge in [0.15, 0.2) is 5.69 Å². The Hall–Kier alpha value is -2.88. The zero-order valence-electron chi connectivity index (χ0n) is 12.7. The summed E-state index contributed by atoms with van der Waals surface area (Å²) < 4.78 is 39.7. The molecule has 0 spiro atoms. The standard InChI is InChI=1S/C15H13F3N4O3/c16-15(17,18)10-3-1-2-9(6-10)8-21-4-5-22-12(14(21)24)7-11(19-22)13(23)20-25/h1-3,6-7,25H,4-5,8H2,(H,20,23). The van der Waals surface area contributed by atoms with E-state index >= 15 is 0 Å². The van der Waals surface area contributed by atoms with Crippen LogP contribution in [-0.2, 0) is 19.3 Å². The second-order valence-electron chi connectivity index (χ2n) is 5.50. The molecule has 25 heavy (non-hydrogen) atoms. The van der Waals surface area contributed by atoms with Crippen molar-refractivity contribution in [3.63, 3.8) is 0 Å². The Morgan fingerprint density at radius 2 is 2.04 bits per heavy atom. The van der Waals surface area contributed by atoms with Crippen molar-refractivity contribution >= 4 is 11.8 Å². The molecule has 2 N–H and O–H groups in total. The van der Waals surface area contributed by atoms with Gasteiger partial charge in [0.2, 0.25) is 0 Å². The van der Waals surface area contributed by atoms with Gasteiger partial charge in [-0.3, -0.25) is 19.5 Å². The lowest BCUT2D eigenvalue weighted by Gasteiger charge is -2.27. The number of nitrogens with zero attached hydrogens (tertiary/aromatic N) is 3. The van der Waals surface area contributed by atoms with Crippen LogP contribution in [0.4, 0.5) is 13.2 Å². The zero-order valence-corrected chi connectivity index (χ0v) is 12.7. The third-order valence-electron chi connectivity index (χ3n) is 3.83. The molecule has 0 atom stereocenters. The van der Waals surface area contributed by atoms with Crippen molar-refractivity contribution in [1.29, 1.82) is 0 Å². The van der Waals surface area contributed by atoms with E-state index in [0.29, 0.717) is 12.1 Å². The van der Waals surface area contributed by atoms with E-state index in [2.05, 4.69) is 5.10 Å². The van der Waals surface area contributed by atoms with Crippen LogP contribution >= 0.6 is 0 Å². The minimum atomic E-state index is -4.45. The number of hydrogen-bond acceptors (Lipinski definition) is 4. The molecular weight excluding hydrogens is 341 g/mol. The smallest absolute Gasteiger partial charge is 0.331 e. The molecule has 2 aromatic rings. The summed E-state index contributed by atoms with van der Waals surface area (Å²) in [6.45, 7) is 0.540. The number of carbonyl (C=O) groups excluding carboxylic acids is 2. The van der Waals surface area contributed by atoms with Crippen LogP contribution < -0.4 is 5.48 Å². The van der Waals surface area contributed by atoms with E-state index in [1.165, 1.54) is 33.3 Å². The quantitative estimate of drug-likeness (QED) is 0.648. The van der Waals surface area contributed by atoms with Gasteiger partial charge in [0.25, 0.3) is 11.8 Å². The van der Waals surface area contributed by atoms with Crippen LogP contribution in [0, 0.1) is 0 Å². The lowest BCUT2D eigenvalue weighted by molar-refractivity contribution is -0.137. The fraction of sp³-hybridized carbons (Fsp3) is 0.267. The highest BCUT2D eigenvalue weighted by molar-refractivity contribution is 5.97. The van der Waals surface area contributed by atoms with Gasteiger partial charge in [-0.15, -0.1) is 0 Å². The maximum absolute atomic E-state index is 12.8. The van der Waals surface area contributed by atoms with Crippen molar-refractivity contribution in [1.82, 2.24) is 20.2 Å². The van der Waals surface area contributed by atoms with E-state index in [4.69, 9.17) is 5.21 Å². The highest BCUT2D eigenvalue weighted by atomic mass is 19.4. The van der Waals surface area contributed by atoms with Gasteiger partial charge in [-0.2, -0.15) is 18.3 Å². The first-order valence-corrected chi connectivity index (χ1v) is 7.27. The fourth-order valence-electron chi connectivity index (χ4n) is 2.62. The maximum atomic E-state index is 12.8. The van der Waals surface area contributed by atoms with Gasteiger partial charge < -0.3 is 4.90 Å². The van der Waals surface area contributed by atoms with Crippen molar-refractivity contribution in [3.8, 4) is 0 Å². The predicted octanol–water partition coefficient (Wildman–Crippen LogP) is 1.68. The van der Waals surface area contributed by atoms with Crippen molar-refractivity contribution in [2.75, 3.05) is 6.54 Å². The highest BCUT2D eigenvalue weighted by Gasteiger charge is 2.31. The number of alkyl halides is 3. The second kappa shape index (κ2) is 6.20. The molecule has 3 rings (SSSR count). The number of benzene rings is 1. The van der Waals surface area contributed by atoms with Gasteiger partial charge >= 0.3 is 6.18 Å². The van der Waals surface area contributed by atoms with Crippen molar-refractivity contribution in [3.05, 3.63) is 52.8 Å². The van der Waals surface area contributed by atoms with Crippen LogP contribution in [0.2, 0.25) is 0 Å². The molecule has 0 saturated heterocycles. The molecule has 0 radical (unpaired) electrons. The molecule has 132 valence electrons. The minimum Gasteiger partial charge on any atom is -0.331 e. The van der Waals surface area contributed by atoms with Crippen molar-refractivity contribution < 1.29 is 28.0 Å². The summed E-state index contributed by atoms with van der Waals surface area (Å²) >= 11 is 0. The topological polar surface area (TPSA) is 87.5 Å². The zero-order chi connectivity index (χ0) is 18.2. The Balaban J connectivity index is 1.81. The summed E-state index contributed by atoms with van der Waals surface area (Å²) in [4.78, 5) is 25.2. The summed E-state index contributed by atoms with van der Waals surface area (Å²) in [6.07, 6.45) is -4.45. The molecule has 2 amide bonds. The van der Waals surface area contributed by atoms with Crippen LogP contribution in [0.3, 0.4) is 0 Å². The molecule has 1 aromatic heterocycles. The maximum Gasteiger partial charge on any atom is 0.416 e. The average Bonchev–Trinajstić information content (AvgIpc) is 3.01. The molecular formula is C15H13F3N4O3. The number of halogens is 3. The monoisotopic (exact) mass is 354 g/mol. The average molecular weight is 354 g/mol. The number of amides is 2. The SMILES string of the molecule is O=C(NO)c1cc2n(n1)CCN(Cc1cccc(C(F)(F)F)c1)C2=O. The molecule has 0 saturated carbocycles. The predicted molar refractivity (Wildman–Crippen MR) is 77.7 cm³/mol. The summed E-state index contributed by atoms with van der Waals surface area (Å²) in [5.41, 5.74) is 1.02. The van der Waals surface area contributed by atoms with Gasteiger partial charge in [0.1, 0.15) is 5.69 Å². The number of hydroxylamine groups is 1. The van der Waals surface area contributed by atoms with Crippen LogP contribution in [0.25, 0.3) is 0 Å². The first-order valence-electron chi connectivity index (χ1n) is 7.27. The molecule has 7 nitrogen and oxygen atoms in total. The Bertz CT molecular complexity index is 832. The third kappa shape index (κ3) is 3.33. The lowest BCUT2D eigenvalue weighted by Crippen LogP contribution is -2.39. The van der Waals surface area contributed by atoms with E-state index in [0.717, 1.165) is 12.1 Å². The van der Waals surface area contributed by atoms with E-state index in [9.17, 15) is 22.8 Å². The van der Waals surface area contributed by atoms with Crippen molar-refractivity contribution in [2.24, 2.45) is 0 Å². The van der Waals surface area contributed by atoms with E-state index in [1.807, 2.05) is 0 Å². The molecule has 1 aliphatic heterocycles. The first-order chi connectivity index (χ1) is 11.8. The molecule has 0 fully saturated rings. The largest absolute Gasteiger partial charge is 0.416 e. The van der Waals surface area contributed by atoms with E-state index < -0.39 is 23.6 Å². The Kier molecular flexibility index (Phi) is 4.21. The Labute approximate surface area is 139 Å². The van der Waals surface area contributed by atoms with Crippen molar-refractivity contribution in [2.45, 2.75) is 19.3 Å². The highest BCUT2D eigenvalue weighted by Crippen LogP contribution is 2.30. The van der Waals surface area contributed by atoms with Crippen LogP contribution in [0.15, 0.2) is 30.3 Å². The summed E-state index contributed by atoms with van der Waals surface area (Å²) in [5, 5.41) is 12.5. The van der Waals surface area contributed by atoms with Crippen LogP contribution in [0.1, 0.15) is 32.1 Å². The lowest BCUT2D eigenvalue weighted by atomic mass is 10.1. The Morgan fingerprint density at radius 1 is 1.28 bits per heavy atom. The molecule has 1 aromatic carbocycles. The van der Waals surface area contributed by atoms with E-state index in [1.54, 1.807) is 0 Å². The number of aromatic nitrogens is 2. The number of rotatable bonds is 3. The van der Waals surface area contributed by atoms with Gasteiger partial charge in [-0.25, -0.2) is 5.48 Å². The normalized spacial score (nSPS) is 14.4. The molecule has 10 heteroatoms. The third-order valence-corrected chi connectivity index (χ3v) is 3.83. The number of hydrogen-bond donors (Lipinski definition) is 2. The fourth-order valence-corrected chi connectivity index (χ4v) is 2.62. The van der Waals surface area contributed by atoms with Crippen LogP contribution in [0.5, 0.6) is 0 Å². The molecule has 1 aliphatic rings. The van der Waals surface area contributed by atoms with Crippen LogP contribution in [-0.4, -0.2) is 38.2 Å². The molecule has 2 heterocycles. The second-order valence-corrected chi connectivity index (χ2v) is 5.50. The number of fused-ring (bicyclic) bond motifs is 1. The summed E-state index contributed by atoms with van der Waals surface area (Å²) in [5.74, 6) is -1.30. The van der Waals surface area contributed by atoms with Gasteiger partial charge in [-0.1, -0.05) is 12.1 Å². The summed E-state index contributed by atoms with van der Waals surface area (Å²) in [6, 6.07) is 6.01. The Morgan fingerprint density at radius 3 is 2.72 bits per heavy atom. The van der Waals surface area contributed by atoms with E-state index in [-0.39, 0.29) is 24.5 Å². The minimum absolute atomic E-state index is 0.00939. The summed E-state index contributed by atoms with van der Waals surface area (Å²) in [7, 11) is 0.